The Hall–Kier alpha value is -3.41. The number of fused-ring (bicyclic) bond motifs is 1. The molecule has 0 aliphatic carbocycles. The summed E-state index contributed by atoms with van der Waals surface area (Å²) in [6.45, 7) is -0.496. The molecule has 4 N–H and O–H groups in total. The Balaban J connectivity index is 1.67. The number of carbonyl (C=O) groups is 1. The summed E-state index contributed by atoms with van der Waals surface area (Å²) in [6.07, 6.45) is -1.01. The summed E-state index contributed by atoms with van der Waals surface area (Å²) < 4.78 is 12.6. The smallest absolute Gasteiger partial charge is 0.439 e. The van der Waals surface area contributed by atoms with E-state index >= 15 is 0 Å². The van der Waals surface area contributed by atoms with Gasteiger partial charge in [-0.05, 0) is 30.3 Å². The largest absolute Gasteiger partial charge is 0.489 e. The number of anilines is 1. The molecule has 0 aliphatic heterocycles. The molecule has 2 aromatic carbocycles. The third-order valence-electron chi connectivity index (χ3n) is 4.82. The third-order valence-corrected chi connectivity index (χ3v) is 5.31. The van der Waals surface area contributed by atoms with Crippen LogP contribution in [0.4, 0.5) is 5.69 Å². The summed E-state index contributed by atoms with van der Waals surface area (Å²) in [5.74, 6) is -0.438. The second-order valence-electron chi connectivity index (χ2n) is 7.02. The number of hydrogen-bond acceptors (Lipinski definition) is 7. The lowest BCUT2D eigenvalue weighted by Gasteiger charge is -2.13. The van der Waals surface area contributed by atoms with Gasteiger partial charge in [-0.15, -0.1) is 0 Å². The van der Waals surface area contributed by atoms with Crippen molar-refractivity contribution < 1.29 is 24.3 Å². The van der Waals surface area contributed by atoms with Crippen LogP contribution in [0.5, 0.6) is 5.75 Å². The minimum atomic E-state index is -1.01. The topological polar surface area (TPSA) is 143 Å². The van der Waals surface area contributed by atoms with Crippen LogP contribution in [0.2, 0.25) is 0 Å². The molecule has 0 spiro atoms. The van der Waals surface area contributed by atoms with E-state index in [1.54, 1.807) is 48.0 Å². The number of aliphatic hydroxyl groups is 2. The predicted octanol–water partition coefficient (Wildman–Crippen LogP) is 2.27. The first kappa shape index (κ1) is 21.8. The van der Waals surface area contributed by atoms with Crippen molar-refractivity contribution in [2.75, 3.05) is 18.5 Å². The number of halogens is 1. The molecule has 1 atom stereocenters. The van der Waals surface area contributed by atoms with Crippen LogP contribution in [0.15, 0.2) is 56.3 Å². The summed E-state index contributed by atoms with van der Waals surface area (Å²) in [6, 6.07) is 12.2. The Bertz CT molecular complexity index is 1340. The number of rotatable bonds is 7. The van der Waals surface area contributed by atoms with Crippen molar-refractivity contribution in [1.29, 1.82) is 0 Å². The lowest BCUT2D eigenvalue weighted by molar-refractivity contribution is 0.0540. The van der Waals surface area contributed by atoms with Gasteiger partial charge in [-0.1, -0.05) is 33.2 Å². The first-order chi connectivity index (χ1) is 15.4. The molecule has 2 aromatic heterocycles. The molecular formula is C21H19BrN4O6. The van der Waals surface area contributed by atoms with Crippen molar-refractivity contribution in [1.82, 2.24) is 14.7 Å². The molecule has 0 saturated heterocycles. The van der Waals surface area contributed by atoms with E-state index in [1.807, 2.05) is 6.07 Å². The van der Waals surface area contributed by atoms with E-state index in [4.69, 9.17) is 9.84 Å². The molecule has 32 heavy (non-hydrogen) atoms. The molecule has 4 aromatic rings. The van der Waals surface area contributed by atoms with Crippen molar-refractivity contribution in [3.8, 4) is 17.1 Å². The standard InChI is InChI=1S/C21H19BrN4O6/c1-26-16(7-11-3-2-4-17(18(11)26)31-10-13(28)9-27)20(29)23-15-6-5-12(22)8-14(15)19-24-21(30)32-25-19/h2-8,13,27-28H,9-10H2,1H3,(H,23,29)(H,24,25,30)/t13-/m1/s1. The molecule has 0 saturated carbocycles. The van der Waals surface area contributed by atoms with Crippen LogP contribution in [0, 0.1) is 0 Å². The molecule has 1 amide bonds. The Morgan fingerprint density at radius 3 is 2.88 bits per heavy atom. The monoisotopic (exact) mass is 502 g/mol. The number of benzene rings is 2. The van der Waals surface area contributed by atoms with Crippen LogP contribution >= 0.6 is 15.9 Å². The second-order valence-corrected chi connectivity index (χ2v) is 7.93. The van der Waals surface area contributed by atoms with Crippen LogP contribution in [0.25, 0.3) is 22.3 Å². The summed E-state index contributed by atoms with van der Waals surface area (Å²) in [7, 11) is 1.73. The number of carbonyl (C=O) groups excluding carboxylic acids is 1. The number of hydrogen-bond donors (Lipinski definition) is 4. The normalized spacial score (nSPS) is 12.1. The first-order valence-electron chi connectivity index (χ1n) is 9.55. The van der Waals surface area contributed by atoms with E-state index in [0.29, 0.717) is 28.2 Å². The minimum absolute atomic E-state index is 0.0829. The van der Waals surface area contributed by atoms with Gasteiger partial charge in [0.05, 0.1) is 17.8 Å². The Morgan fingerprint density at radius 1 is 1.34 bits per heavy atom. The summed E-state index contributed by atoms with van der Waals surface area (Å²) in [5.41, 5.74) is 1.93. The van der Waals surface area contributed by atoms with Crippen LogP contribution < -0.4 is 15.8 Å². The van der Waals surface area contributed by atoms with Gasteiger partial charge >= 0.3 is 5.76 Å². The van der Waals surface area contributed by atoms with Gasteiger partial charge in [0, 0.05) is 22.5 Å². The maximum absolute atomic E-state index is 13.1. The molecule has 0 fully saturated rings. The summed E-state index contributed by atoms with van der Waals surface area (Å²) >= 11 is 3.37. The highest BCUT2D eigenvalue weighted by molar-refractivity contribution is 9.10. The summed E-state index contributed by atoms with van der Waals surface area (Å²) in [4.78, 5) is 27.0. The fourth-order valence-electron chi connectivity index (χ4n) is 3.31. The maximum Gasteiger partial charge on any atom is 0.439 e. The zero-order valence-electron chi connectivity index (χ0n) is 16.8. The number of nitrogens with one attached hydrogen (secondary N) is 2. The van der Waals surface area contributed by atoms with Gasteiger partial charge in [-0.2, -0.15) is 0 Å². The Kier molecular flexibility index (Phi) is 6.12. The average molecular weight is 503 g/mol. The van der Waals surface area contributed by atoms with Crippen LogP contribution in [-0.2, 0) is 7.05 Å². The highest BCUT2D eigenvalue weighted by atomic mass is 79.9. The number of nitrogens with zero attached hydrogens (tertiary/aromatic N) is 2. The van der Waals surface area contributed by atoms with Crippen molar-refractivity contribution in [3.63, 3.8) is 0 Å². The number of ether oxygens (including phenoxy) is 1. The first-order valence-corrected chi connectivity index (χ1v) is 10.3. The van der Waals surface area contributed by atoms with Gasteiger partial charge in [0.2, 0.25) is 0 Å². The van der Waals surface area contributed by atoms with Gasteiger partial charge in [0.1, 0.15) is 24.2 Å². The van der Waals surface area contributed by atoms with Crippen molar-refractivity contribution in [3.05, 3.63) is 63.2 Å². The highest BCUT2D eigenvalue weighted by Gasteiger charge is 2.19. The van der Waals surface area contributed by atoms with Gasteiger partial charge < -0.3 is 24.8 Å². The minimum Gasteiger partial charge on any atom is -0.489 e. The van der Waals surface area contributed by atoms with Crippen molar-refractivity contribution in [2.24, 2.45) is 7.05 Å². The second kappa shape index (κ2) is 8.99. The number of aryl methyl sites for hydroxylation is 1. The van der Waals surface area contributed by atoms with E-state index in [-0.39, 0.29) is 18.3 Å². The van der Waals surface area contributed by atoms with E-state index in [2.05, 4.69) is 35.9 Å². The van der Waals surface area contributed by atoms with E-state index < -0.39 is 18.5 Å². The third kappa shape index (κ3) is 4.31. The molecule has 0 aliphatic rings. The van der Waals surface area contributed by atoms with Crippen molar-refractivity contribution in [2.45, 2.75) is 6.10 Å². The highest BCUT2D eigenvalue weighted by Crippen LogP contribution is 2.31. The van der Waals surface area contributed by atoms with Gasteiger partial charge in [0.15, 0.2) is 5.82 Å². The SMILES string of the molecule is Cn1c(C(=O)Nc2ccc(Br)cc2-c2noc(=O)[nH]2)cc2cccc(OC[C@H](O)CO)c21. The predicted molar refractivity (Wildman–Crippen MR) is 120 cm³/mol. The molecule has 166 valence electrons. The number of para-hydroxylation sites is 1. The molecule has 0 radical (unpaired) electrons. The fraction of sp³-hybridized carbons (Fsp3) is 0.190. The van der Waals surface area contributed by atoms with E-state index in [0.717, 1.165) is 9.86 Å². The van der Waals surface area contributed by atoms with Gasteiger partial charge in [-0.3, -0.25) is 14.3 Å². The van der Waals surface area contributed by atoms with Gasteiger partial charge in [-0.25, -0.2) is 4.79 Å². The van der Waals surface area contributed by atoms with Crippen LogP contribution in [-0.4, -0.2) is 50.1 Å². The van der Waals surface area contributed by atoms with E-state index in [9.17, 15) is 14.7 Å². The molecule has 10 nitrogen and oxygen atoms in total. The van der Waals surface area contributed by atoms with Crippen LogP contribution in [0.3, 0.4) is 0 Å². The Morgan fingerprint density at radius 2 is 2.16 bits per heavy atom. The molecule has 2 heterocycles. The molecule has 4 rings (SSSR count). The molecule has 0 bridgehead atoms. The zero-order chi connectivity index (χ0) is 22.8. The van der Waals surface area contributed by atoms with Crippen molar-refractivity contribution >= 4 is 38.4 Å². The molecule has 11 heteroatoms. The van der Waals surface area contributed by atoms with E-state index in [1.165, 1.54) is 0 Å². The molecular weight excluding hydrogens is 484 g/mol. The maximum atomic E-state index is 13.1. The molecule has 0 unspecified atom stereocenters. The zero-order valence-corrected chi connectivity index (χ0v) is 18.4. The lowest BCUT2D eigenvalue weighted by Crippen LogP contribution is -2.21. The average Bonchev–Trinajstić information content (AvgIpc) is 3.36. The number of aromatic amines is 1. The number of amides is 1. The Labute approximate surface area is 189 Å². The number of aliphatic hydroxyl groups excluding tert-OH is 2. The quantitative estimate of drug-likeness (QED) is 0.303. The number of H-pyrrole nitrogens is 1. The van der Waals surface area contributed by atoms with Crippen LogP contribution in [0.1, 0.15) is 10.5 Å². The summed E-state index contributed by atoms with van der Waals surface area (Å²) in [5, 5.41) is 25.9. The van der Waals surface area contributed by atoms with Gasteiger partial charge in [0.25, 0.3) is 5.91 Å². The number of aromatic nitrogens is 3. The fourth-order valence-corrected chi connectivity index (χ4v) is 3.67. The lowest BCUT2D eigenvalue weighted by atomic mass is 10.1.